The fourth-order valence-electron chi connectivity index (χ4n) is 1.62. The molecule has 0 N–H and O–H groups in total. The Balaban J connectivity index is 2.25. The third-order valence-corrected chi connectivity index (χ3v) is 2.55. The third-order valence-electron chi connectivity index (χ3n) is 2.55. The quantitative estimate of drug-likeness (QED) is 0.655. The van der Waals surface area contributed by atoms with E-state index < -0.39 is 0 Å². The van der Waals surface area contributed by atoms with Crippen LogP contribution in [0.25, 0.3) is 0 Å². The van der Waals surface area contributed by atoms with Crippen LogP contribution in [0.4, 0.5) is 0 Å². The molecule has 82 valence electrons. The standard InChI is InChI=1S/C11H20O3/c1-4-13-10(12)7-9-5-6-11(2,3)8-14-9/h9H,4-8H2,1-3H3. The van der Waals surface area contributed by atoms with E-state index in [1.807, 2.05) is 6.92 Å². The Morgan fingerprint density at radius 1 is 1.57 bits per heavy atom. The van der Waals surface area contributed by atoms with Gasteiger partial charge in [0.25, 0.3) is 0 Å². The van der Waals surface area contributed by atoms with Crippen molar-refractivity contribution in [2.24, 2.45) is 5.41 Å². The van der Waals surface area contributed by atoms with Crippen molar-refractivity contribution < 1.29 is 14.3 Å². The third kappa shape index (κ3) is 3.66. The summed E-state index contributed by atoms with van der Waals surface area (Å²) in [6, 6.07) is 0. The van der Waals surface area contributed by atoms with Crippen LogP contribution in [0.1, 0.15) is 40.0 Å². The molecule has 1 rings (SSSR count). The van der Waals surface area contributed by atoms with Gasteiger partial charge in [-0.1, -0.05) is 13.8 Å². The zero-order valence-electron chi connectivity index (χ0n) is 9.34. The van der Waals surface area contributed by atoms with Gasteiger partial charge >= 0.3 is 5.97 Å². The molecule has 1 aliphatic heterocycles. The maximum atomic E-state index is 11.2. The van der Waals surface area contributed by atoms with E-state index in [0.29, 0.717) is 13.0 Å². The molecule has 0 aromatic heterocycles. The van der Waals surface area contributed by atoms with Gasteiger partial charge < -0.3 is 9.47 Å². The average Bonchev–Trinajstić information content (AvgIpc) is 2.09. The summed E-state index contributed by atoms with van der Waals surface area (Å²) in [5, 5.41) is 0. The van der Waals surface area contributed by atoms with Crippen molar-refractivity contribution in [1.82, 2.24) is 0 Å². The Kier molecular flexibility index (Phi) is 3.93. The van der Waals surface area contributed by atoms with Crippen LogP contribution in [0, 0.1) is 5.41 Å². The predicted octanol–water partition coefficient (Wildman–Crippen LogP) is 2.14. The first-order chi connectivity index (χ1) is 6.53. The fourth-order valence-corrected chi connectivity index (χ4v) is 1.62. The second-order valence-electron chi connectivity index (χ2n) is 4.65. The number of ether oxygens (including phenoxy) is 2. The second-order valence-corrected chi connectivity index (χ2v) is 4.65. The molecule has 0 saturated carbocycles. The van der Waals surface area contributed by atoms with Gasteiger partial charge in [0.05, 0.1) is 25.7 Å². The summed E-state index contributed by atoms with van der Waals surface area (Å²) >= 11 is 0. The zero-order valence-corrected chi connectivity index (χ0v) is 9.34. The van der Waals surface area contributed by atoms with E-state index in [2.05, 4.69) is 13.8 Å². The van der Waals surface area contributed by atoms with E-state index in [9.17, 15) is 4.79 Å². The van der Waals surface area contributed by atoms with Gasteiger partial charge in [-0.2, -0.15) is 0 Å². The molecule has 0 aliphatic carbocycles. The van der Waals surface area contributed by atoms with Crippen LogP contribution in [0.2, 0.25) is 0 Å². The van der Waals surface area contributed by atoms with Crippen molar-refractivity contribution in [3.05, 3.63) is 0 Å². The van der Waals surface area contributed by atoms with E-state index in [-0.39, 0.29) is 17.5 Å². The minimum absolute atomic E-state index is 0.0714. The Morgan fingerprint density at radius 3 is 2.79 bits per heavy atom. The smallest absolute Gasteiger partial charge is 0.308 e. The Hall–Kier alpha value is -0.570. The van der Waals surface area contributed by atoms with Crippen LogP contribution >= 0.6 is 0 Å². The van der Waals surface area contributed by atoms with Crippen LogP contribution in [0.15, 0.2) is 0 Å². The highest BCUT2D eigenvalue weighted by Crippen LogP contribution is 2.30. The highest BCUT2D eigenvalue weighted by Gasteiger charge is 2.28. The number of carbonyl (C=O) groups excluding carboxylic acids is 1. The molecule has 1 fully saturated rings. The van der Waals surface area contributed by atoms with Crippen LogP contribution in [0.5, 0.6) is 0 Å². The molecule has 3 heteroatoms. The average molecular weight is 200 g/mol. The number of hydrogen-bond donors (Lipinski definition) is 0. The van der Waals surface area contributed by atoms with E-state index in [1.165, 1.54) is 0 Å². The second kappa shape index (κ2) is 4.78. The van der Waals surface area contributed by atoms with Gasteiger partial charge in [0, 0.05) is 0 Å². The largest absolute Gasteiger partial charge is 0.466 e. The summed E-state index contributed by atoms with van der Waals surface area (Å²) < 4.78 is 10.5. The molecule has 1 saturated heterocycles. The Morgan fingerprint density at radius 2 is 2.29 bits per heavy atom. The topological polar surface area (TPSA) is 35.5 Å². The molecule has 1 unspecified atom stereocenters. The van der Waals surface area contributed by atoms with Crippen molar-refractivity contribution in [1.29, 1.82) is 0 Å². The maximum absolute atomic E-state index is 11.2. The molecule has 0 amide bonds. The summed E-state index contributed by atoms with van der Waals surface area (Å²) in [6.07, 6.45) is 2.56. The number of rotatable bonds is 3. The number of carbonyl (C=O) groups is 1. The number of hydrogen-bond acceptors (Lipinski definition) is 3. The molecular formula is C11H20O3. The van der Waals surface area contributed by atoms with Crippen molar-refractivity contribution in [3.8, 4) is 0 Å². The lowest BCUT2D eigenvalue weighted by atomic mass is 9.85. The Labute approximate surface area is 85.8 Å². The molecular weight excluding hydrogens is 180 g/mol. The summed E-state index contributed by atoms with van der Waals surface area (Å²) in [5.41, 5.74) is 0.269. The molecule has 0 radical (unpaired) electrons. The molecule has 3 nitrogen and oxygen atoms in total. The summed E-state index contributed by atoms with van der Waals surface area (Å²) in [4.78, 5) is 11.2. The summed E-state index contributed by atoms with van der Waals surface area (Å²) in [5.74, 6) is -0.141. The molecule has 0 bridgehead atoms. The minimum atomic E-state index is -0.141. The van der Waals surface area contributed by atoms with Gasteiger partial charge in [0.15, 0.2) is 0 Å². The molecule has 0 aromatic rings. The van der Waals surface area contributed by atoms with E-state index in [4.69, 9.17) is 9.47 Å². The highest BCUT2D eigenvalue weighted by molar-refractivity contribution is 5.69. The Bertz CT molecular complexity index is 189. The van der Waals surface area contributed by atoms with E-state index in [0.717, 1.165) is 19.4 Å². The lowest BCUT2D eigenvalue weighted by molar-refractivity contribution is -0.149. The zero-order chi connectivity index (χ0) is 10.6. The highest BCUT2D eigenvalue weighted by atomic mass is 16.5. The lowest BCUT2D eigenvalue weighted by Gasteiger charge is -2.34. The van der Waals surface area contributed by atoms with Gasteiger partial charge in [-0.05, 0) is 25.2 Å². The first-order valence-electron chi connectivity index (χ1n) is 5.31. The lowest BCUT2D eigenvalue weighted by Crippen LogP contribution is -2.33. The fraction of sp³-hybridized carbons (Fsp3) is 0.909. The van der Waals surface area contributed by atoms with Crippen LogP contribution < -0.4 is 0 Å². The molecule has 1 heterocycles. The normalized spacial score (nSPS) is 25.8. The molecule has 0 aromatic carbocycles. The molecule has 14 heavy (non-hydrogen) atoms. The first kappa shape index (κ1) is 11.5. The van der Waals surface area contributed by atoms with Crippen molar-refractivity contribution in [2.75, 3.05) is 13.2 Å². The first-order valence-corrected chi connectivity index (χ1v) is 5.31. The van der Waals surface area contributed by atoms with Crippen LogP contribution in [-0.2, 0) is 14.3 Å². The van der Waals surface area contributed by atoms with Gasteiger partial charge in [-0.25, -0.2) is 0 Å². The van der Waals surface area contributed by atoms with Crippen LogP contribution in [-0.4, -0.2) is 25.3 Å². The number of esters is 1. The van der Waals surface area contributed by atoms with Gasteiger partial charge in [0.1, 0.15) is 0 Å². The van der Waals surface area contributed by atoms with Crippen molar-refractivity contribution in [3.63, 3.8) is 0 Å². The van der Waals surface area contributed by atoms with Gasteiger partial charge in [-0.3, -0.25) is 4.79 Å². The SMILES string of the molecule is CCOC(=O)CC1CCC(C)(C)CO1. The minimum Gasteiger partial charge on any atom is -0.466 e. The maximum Gasteiger partial charge on any atom is 0.308 e. The predicted molar refractivity (Wildman–Crippen MR) is 54.0 cm³/mol. The monoisotopic (exact) mass is 200 g/mol. The molecule has 1 aliphatic rings. The van der Waals surface area contributed by atoms with E-state index >= 15 is 0 Å². The van der Waals surface area contributed by atoms with Crippen LogP contribution in [0.3, 0.4) is 0 Å². The van der Waals surface area contributed by atoms with Crippen molar-refractivity contribution in [2.45, 2.75) is 46.1 Å². The summed E-state index contributed by atoms with van der Waals surface area (Å²) in [7, 11) is 0. The van der Waals surface area contributed by atoms with Gasteiger partial charge in [-0.15, -0.1) is 0 Å². The van der Waals surface area contributed by atoms with Crippen molar-refractivity contribution >= 4 is 5.97 Å². The van der Waals surface area contributed by atoms with E-state index in [1.54, 1.807) is 0 Å². The van der Waals surface area contributed by atoms with Gasteiger partial charge in [0.2, 0.25) is 0 Å². The molecule has 1 atom stereocenters. The summed E-state index contributed by atoms with van der Waals surface area (Å²) in [6.45, 7) is 7.40. The molecule has 0 spiro atoms.